The topological polar surface area (TPSA) is 87.2 Å². The Hall–Kier alpha value is -3.59. The number of carbonyl (C=O) groups is 2. The van der Waals surface area contributed by atoms with Crippen LogP contribution in [0, 0.1) is 6.92 Å². The molecule has 0 saturated carbocycles. The predicted molar refractivity (Wildman–Crippen MR) is 129 cm³/mol. The molecule has 0 radical (unpaired) electrons. The summed E-state index contributed by atoms with van der Waals surface area (Å²) >= 11 is 1.28. The summed E-state index contributed by atoms with van der Waals surface area (Å²) < 4.78 is 21.9. The van der Waals surface area contributed by atoms with E-state index in [4.69, 9.17) is 18.9 Å². The van der Waals surface area contributed by atoms with Gasteiger partial charge in [0, 0.05) is 17.0 Å². The summed E-state index contributed by atoms with van der Waals surface area (Å²) in [7, 11) is 1.52. The second-order valence-corrected chi connectivity index (χ2v) is 8.70. The SMILES string of the molecule is CCOC(=O)c1nc(N(CCc2ccccc2)C(=O)c2cc(OC)c3c(c2)OCCO3)sc1C. The Bertz CT molecular complexity index is 1160. The lowest BCUT2D eigenvalue weighted by molar-refractivity contribution is 0.0519. The number of hydrogen-bond donors (Lipinski definition) is 0. The fourth-order valence-electron chi connectivity index (χ4n) is 3.61. The van der Waals surface area contributed by atoms with Gasteiger partial charge >= 0.3 is 5.97 Å². The van der Waals surface area contributed by atoms with Gasteiger partial charge in [0.05, 0.1) is 13.7 Å². The van der Waals surface area contributed by atoms with Crippen molar-refractivity contribution in [3.8, 4) is 17.2 Å². The molecule has 0 N–H and O–H groups in total. The average Bonchev–Trinajstić information content (AvgIpc) is 3.25. The van der Waals surface area contributed by atoms with Crippen LogP contribution in [0.2, 0.25) is 0 Å². The molecule has 0 spiro atoms. The van der Waals surface area contributed by atoms with Gasteiger partial charge in [0.25, 0.3) is 5.91 Å². The number of anilines is 1. The summed E-state index contributed by atoms with van der Waals surface area (Å²) in [6, 6.07) is 13.2. The van der Waals surface area contributed by atoms with Crippen LogP contribution < -0.4 is 19.1 Å². The molecule has 0 fully saturated rings. The summed E-state index contributed by atoms with van der Waals surface area (Å²) in [5.74, 6) is 0.579. The zero-order valence-corrected chi connectivity index (χ0v) is 20.1. The smallest absolute Gasteiger partial charge is 0.358 e. The van der Waals surface area contributed by atoms with E-state index in [1.807, 2.05) is 30.3 Å². The molecule has 0 atom stereocenters. The van der Waals surface area contributed by atoms with E-state index in [9.17, 15) is 9.59 Å². The number of aromatic nitrogens is 1. The number of aryl methyl sites for hydroxylation is 1. The van der Waals surface area contributed by atoms with E-state index in [0.29, 0.717) is 59.0 Å². The molecule has 1 aromatic heterocycles. The fraction of sp³-hybridized carbons (Fsp3) is 0.320. The number of benzene rings is 2. The normalized spacial score (nSPS) is 12.2. The van der Waals surface area contributed by atoms with E-state index in [1.54, 1.807) is 30.9 Å². The molecule has 34 heavy (non-hydrogen) atoms. The number of rotatable bonds is 8. The maximum Gasteiger partial charge on any atom is 0.358 e. The van der Waals surface area contributed by atoms with Gasteiger partial charge in [-0.3, -0.25) is 9.69 Å². The van der Waals surface area contributed by atoms with E-state index in [1.165, 1.54) is 18.4 Å². The van der Waals surface area contributed by atoms with Crippen molar-refractivity contribution in [1.82, 2.24) is 4.98 Å². The Kier molecular flexibility index (Phi) is 7.32. The summed E-state index contributed by atoms with van der Waals surface area (Å²) in [4.78, 5) is 32.8. The molecule has 1 amide bonds. The van der Waals surface area contributed by atoms with Crippen LogP contribution in [0.4, 0.5) is 5.13 Å². The zero-order chi connectivity index (χ0) is 24.1. The molecule has 178 valence electrons. The summed E-state index contributed by atoms with van der Waals surface area (Å²) in [5.41, 5.74) is 1.68. The zero-order valence-electron chi connectivity index (χ0n) is 19.3. The first-order valence-electron chi connectivity index (χ1n) is 11.0. The van der Waals surface area contributed by atoms with Crippen LogP contribution in [-0.2, 0) is 11.2 Å². The lowest BCUT2D eigenvalue weighted by Crippen LogP contribution is -2.33. The van der Waals surface area contributed by atoms with E-state index < -0.39 is 5.97 Å². The highest BCUT2D eigenvalue weighted by Crippen LogP contribution is 2.41. The van der Waals surface area contributed by atoms with Crippen LogP contribution in [0.5, 0.6) is 17.2 Å². The Morgan fingerprint density at radius 2 is 1.91 bits per heavy atom. The van der Waals surface area contributed by atoms with Gasteiger partial charge in [-0.2, -0.15) is 0 Å². The number of hydrogen-bond acceptors (Lipinski definition) is 8. The van der Waals surface area contributed by atoms with E-state index >= 15 is 0 Å². The standard InChI is InChI=1S/C25H26N2O6S/c1-4-31-24(29)21-16(2)34-25(26-21)27(11-10-17-8-6-5-7-9-17)23(28)18-14-19(30-3)22-20(15-18)32-12-13-33-22/h5-9,14-15H,4,10-13H2,1-3H3. The van der Waals surface area contributed by atoms with Crippen LogP contribution in [0.1, 0.15) is 38.2 Å². The molecular formula is C25H26N2O6S. The van der Waals surface area contributed by atoms with Crippen molar-refractivity contribution >= 4 is 28.3 Å². The summed E-state index contributed by atoms with van der Waals surface area (Å²) in [6.07, 6.45) is 0.613. The largest absolute Gasteiger partial charge is 0.493 e. The molecule has 9 heteroatoms. The maximum atomic E-state index is 13.8. The van der Waals surface area contributed by atoms with E-state index in [2.05, 4.69) is 4.98 Å². The number of fused-ring (bicyclic) bond motifs is 1. The molecule has 3 aromatic rings. The highest BCUT2D eigenvalue weighted by atomic mass is 32.1. The molecule has 8 nitrogen and oxygen atoms in total. The fourth-order valence-corrected chi connectivity index (χ4v) is 4.53. The minimum Gasteiger partial charge on any atom is -0.493 e. The van der Waals surface area contributed by atoms with Gasteiger partial charge in [-0.25, -0.2) is 9.78 Å². The van der Waals surface area contributed by atoms with Gasteiger partial charge < -0.3 is 18.9 Å². The molecule has 1 aliphatic heterocycles. The molecule has 1 aliphatic rings. The minimum absolute atomic E-state index is 0.221. The van der Waals surface area contributed by atoms with Crippen molar-refractivity contribution in [2.45, 2.75) is 20.3 Å². The Morgan fingerprint density at radius 1 is 1.15 bits per heavy atom. The Morgan fingerprint density at radius 3 is 2.65 bits per heavy atom. The van der Waals surface area contributed by atoms with Gasteiger partial charge in [-0.15, -0.1) is 11.3 Å². The van der Waals surface area contributed by atoms with Crippen molar-refractivity contribution in [2.24, 2.45) is 0 Å². The number of amides is 1. The Labute approximate surface area is 202 Å². The molecule has 2 heterocycles. The maximum absolute atomic E-state index is 13.8. The molecule has 0 aliphatic carbocycles. The van der Waals surface area contributed by atoms with E-state index in [-0.39, 0.29) is 18.2 Å². The lowest BCUT2D eigenvalue weighted by Gasteiger charge is -2.24. The third-order valence-electron chi connectivity index (χ3n) is 5.27. The first-order valence-corrected chi connectivity index (χ1v) is 11.8. The summed E-state index contributed by atoms with van der Waals surface area (Å²) in [5, 5.41) is 0.426. The van der Waals surface area contributed by atoms with Crippen molar-refractivity contribution < 1.29 is 28.5 Å². The molecule has 0 bridgehead atoms. The summed E-state index contributed by atoms with van der Waals surface area (Å²) in [6.45, 7) is 4.95. The number of nitrogens with zero attached hydrogens (tertiary/aromatic N) is 2. The third kappa shape index (κ3) is 4.99. The van der Waals surface area contributed by atoms with Gasteiger partial charge in [0.1, 0.15) is 13.2 Å². The number of carbonyl (C=O) groups excluding carboxylic acids is 2. The van der Waals surface area contributed by atoms with Crippen LogP contribution in [0.15, 0.2) is 42.5 Å². The quantitative estimate of drug-likeness (QED) is 0.443. The molecule has 2 aromatic carbocycles. The van der Waals surface area contributed by atoms with Crippen molar-refractivity contribution in [3.05, 3.63) is 64.2 Å². The highest BCUT2D eigenvalue weighted by Gasteiger charge is 2.27. The second-order valence-electron chi connectivity index (χ2n) is 7.52. The first kappa shape index (κ1) is 23.6. The van der Waals surface area contributed by atoms with Crippen LogP contribution in [0.3, 0.4) is 0 Å². The average molecular weight is 483 g/mol. The van der Waals surface area contributed by atoms with Crippen LogP contribution in [-0.4, -0.2) is 50.3 Å². The number of ether oxygens (including phenoxy) is 4. The van der Waals surface area contributed by atoms with Crippen molar-refractivity contribution in [2.75, 3.05) is 38.4 Å². The monoisotopic (exact) mass is 482 g/mol. The minimum atomic E-state index is -0.501. The Balaban J connectivity index is 1.70. The van der Waals surface area contributed by atoms with Gasteiger partial charge in [-0.05, 0) is 38.0 Å². The lowest BCUT2D eigenvalue weighted by atomic mass is 10.1. The number of methoxy groups -OCH3 is 1. The molecule has 0 saturated heterocycles. The molecule has 0 unspecified atom stereocenters. The first-order chi connectivity index (χ1) is 16.5. The molecule has 4 rings (SSSR count). The predicted octanol–water partition coefficient (Wildman–Crippen LogP) is 4.30. The van der Waals surface area contributed by atoms with Crippen LogP contribution >= 0.6 is 11.3 Å². The highest BCUT2D eigenvalue weighted by molar-refractivity contribution is 7.16. The molecular weight excluding hydrogens is 456 g/mol. The van der Waals surface area contributed by atoms with Crippen molar-refractivity contribution in [1.29, 1.82) is 0 Å². The third-order valence-corrected chi connectivity index (χ3v) is 6.27. The van der Waals surface area contributed by atoms with Crippen molar-refractivity contribution in [3.63, 3.8) is 0 Å². The van der Waals surface area contributed by atoms with Crippen LogP contribution in [0.25, 0.3) is 0 Å². The number of esters is 1. The van der Waals surface area contributed by atoms with Gasteiger partial charge in [-0.1, -0.05) is 30.3 Å². The van der Waals surface area contributed by atoms with Gasteiger partial charge in [0.15, 0.2) is 22.3 Å². The van der Waals surface area contributed by atoms with Gasteiger partial charge in [0.2, 0.25) is 5.75 Å². The van der Waals surface area contributed by atoms with E-state index in [0.717, 1.165) is 5.56 Å². The second kappa shape index (κ2) is 10.6. The number of thiazole rings is 1.